The molecule has 2 amide bonds. The second kappa shape index (κ2) is 7.22. The summed E-state index contributed by atoms with van der Waals surface area (Å²) >= 11 is 0. The summed E-state index contributed by atoms with van der Waals surface area (Å²) in [5.74, 6) is -0.715. The van der Waals surface area contributed by atoms with Gasteiger partial charge in [-0.15, -0.1) is 0 Å². The highest BCUT2D eigenvalue weighted by Crippen LogP contribution is 2.49. The van der Waals surface area contributed by atoms with Crippen molar-refractivity contribution >= 4 is 23.5 Å². The Morgan fingerprint density at radius 2 is 2.03 bits per heavy atom. The molecule has 10 nitrogen and oxygen atoms in total. The Bertz CT molecular complexity index is 1270. The number of fused-ring (bicyclic) bond motifs is 3. The Morgan fingerprint density at radius 3 is 2.82 bits per heavy atom. The van der Waals surface area contributed by atoms with E-state index in [-0.39, 0.29) is 43.2 Å². The van der Waals surface area contributed by atoms with Crippen LogP contribution in [0.4, 0.5) is 5.69 Å². The van der Waals surface area contributed by atoms with E-state index in [4.69, 9.17) is 9.26 Å². The molecular formula is C23H19N5O5. The van der Waals surface area contributed by atoms with Crippen LogP contribution in [-0.2, 0) is 20.9 Å². The predicted octanol–water partition coefficient (Wildman–Crippen LogP) is 2.32. The van der Waals surface area contributed by atoms with Crippen molar-refractivity contribution in [2.75, 3.05) is 4.90 Å². The monoisotopic (exact) mass is 445 g/mol. The maximum Gasteiger partial charge on any atom is 0.354 e. The van der Waals surface area contributed by atoms with Gasteiger partial charge in [-0.3, -0.25) is 19.5 Å². The van der Waals surface area contributed by atoms with Crippen molar-refractivity contribution in [3.63, 3.8) is 0 Å². The van der Waals surface area contributed by atoms with Crippen LogP contribution in [0.25, 0.3) is 11.4 Å². The molecule has 1 atom stereocenters. The Balaban J connectivity index is 1.32. The molecular weight excluding hydrogens is 426 g/mol. The molecule has 10 heteroatoms. The van der Waals surface area contributed by atoms with Crippen LogP contribution in [-0.4, -0.2) is 49.5 Å². The summed E-state index contributed by atoms with van der Waals surface area (Å²) in [7, 11) is 0. The number of benzene rings is 1. The van der Waals surface area contributed by atoms with Crippen molar-refractivity contribution < 1.29 is 23.6 Å². The number of carbonyl (C=O) groups is 3. The molecule has 4 heterocycles. The van der Waals surface area contributed by atoms with Crippen molar-refractivity contribution in [1.82, 2.24) is 20.0 Å². The summed E-state index contributed by atoms with van der Waals surface area (Å²) < 4.78 is 10.8. The molecule has 3 aliphatic rings. The summed E-state index contributed by atoms with van der Waals surface area (Å²) in [5.41, 5.74) is 0.0200. The average Bonchev–Trinajstić information content (AvgIpc) is 3.45. The number of para-hydroxylation sites is 1. The third kappa shape index (κ3) is 2.94. The Labute approximate surface area is 188 Å². The summed E-state index contributed by atoms with van der Waals surface area (Å²) in [6.07, 6.45) is 5.11. The molecule has 6 rings (SSSR count). The van der Waals surface area contributed by atoms with Gasteiger partial charge in [-0.05, 0) is 37.1 Å². The molecule has 0 N–H and O–H groups in total. The summed E-state index contributed by atoms with van der Waals surface area (Å²) in [6.45, 7) is -0.274. The predicted molar refractivity (Wildman–Crippen MR) is 112 cm³/mol. The average molecular weight is 445 g/mol. The van der Waals surface area contributed by atoms with Gasteiger partial charge in [0.2, 0.25) is 17.4 Å². The molecule has 2 fully saturated rings. The fourth-order valence-electron chi connectivity index (χ4n) is 4.68. The van der Waals surface area contributed by atoms with Crippen LogP contribution in [0.2, 0.25) is 0 Å². The molecule has 0 radical (unpaired) electrons. The van der Waals surface area contributed by atoms with Gasteiger partial charge < -0.3 is 14.2 Å². The molecule has 1 unspecified atom stereocenters. The van der Waals surface area contributed by atoms with Gasteiger partial charge in [0.15, 0.2) is 6.61 Å². The third-order valence-corrected chi connectivity index (χ3v) is 6.25. The van der Waals surface area contributed by atoms with Crippen LogP contribution in [0.5, 0.6) is 0 Å². The van der Waals surface area contributed by atoms with Crippen molar-refractivity contribution in [3.05, 3.63) is 60.2 Å². The SMILES string of the molecule is O=C1CCC2(C(=O)OCc3nc(-c4cccnc4)no3)N1c1ccccc1C(=O)N2C1CC1. The molecule has 0 spiro atoms. The highest BCUT2D eigenvalue weighted by atomic mass is 16.6. The second-order valence-electron chi connectivity index (χ2n) is 8.30. The van der Waals surface area contributed by atoms with Crippen LogP contribution in [0.1, 0.15) is 41.9 Å². The van der Waals surface area contributed by atoms with Crippen LogP contribution < -0.4 is 4.90 Å². The van der Waals surface area contributed by atoms with Crippen molar-refractivity contribution in [3.8, 4) is 11.4 Å². The second-order valence-corrected chi connectivity index (χ2v) is 8.30. The normalized spacial score (nSPS) is 21.7. The first-order valence-corrected chi connectivity index (χ1v) is 10.8. The number of ether oxygens (including phenoxy) is 1. The highest BCUT2D eigenvalue weighted by Gasteiger charge is 2.64. The number of carbonyl (C=O) groups excluding carboxylic acids is 3. The van der Waals surface area contributed by atoms with E-state index in [9.17, 15) is 14.4 Å². The quantitative estimate of drug-likeness (QED) is 0.549. The minimum Gasteiger partial charge on any atom is -0.452 e. The van der Waals surface area contributed by atoms with Gasteiger partial charge in [0.05, 0.1) is 11.3 Å². The lowest BCUT2D eigenvalue weighted by molar-refractivity contribution is -0.159. The third-order valence-electron chi connectivity index (χ3n) is 6.25. The number of aromatic nitrogens is 3. The highest BCUT2D eigenvalue weighted by molar-refractivity contribution is 6.15. The van der Waals surface area contributed by atoms with Crippen molar-refractivity contribution in [2.24, 2.45) is 0 Å². The van der Waals surface area contributed by atoms with Gasteiger partial charge in [0.1, 0.15) is 0 Å². The van der Waals surface area contributed by atoms with E-state index < -0.39 is 11.6 Å². The minimum atomic E-state index is -1.50. The van der Waals surface area contributed by atoms with Gasteiger partial charge in [-0.1, -0.05) is 17.3 Å². The lowest BCUT2D eigenvalue weighted by Gasteiger charge is -2.48. The maximum absolute atomic E-state index is 13.6. The Morgan fingerprint density at radius 1 is 1.18 bits per heavy atom. The van der Waals surface area contributed by atoms with E-state index in [2.05, 4.69) is 15.1 Å². The first kappa shape index (κ1) is 19.6. The van der Waals surface area contributed by atoms with Gasteiger partial charge in [-0.2, -0.15) is 4.98 Å². The summed E-state index contributed by atoms with van der Waals surface area (Å²) in [6, 6.07) is 10.3. The number of nitrogens with zero attached hydrogens (tertiary/aromatic N) is 5. The topological polar surface area (TPSA) is 119 Å². The lowest BCUT2D eigenvalue weighted by atomic mass is 9.96. The Kier molecular flexibility index (Phi) is 4.29. The van der Waals surface area contributed by atoms with Crippen molar-refractivity contribution in [1.29, 1.82) is 0 Å². The molecule has 1 saturated carbocycles. The fourth-order valence-corrected chi connectivity index (χ4v) is 4.68. The van der Waals surface area contributed by atoms with E-state index >= 15 is 0 Å². The molecule has 166 valence electrons. The van der Waals surface area contributed by atoms with Gasteiger partial charge in [0.25, 0.3) is 11.8 Å². The van der Waals surface area contributed by atoms with Gasteiger partial charge >= 0.3 is 5.97 Å². The van der Waals surface area contributed by atoms with Crippen LogP contribution >= 0.6 is 0 Å². The molecule has 0 bridgehead atoms. The number of esters is 1. The fraction of sp³-hybridized carbons (Fsp3) is 0.304. The lowest BCUT2D eigenvalue weighted by Crippen LogP contribution is -2.69. The standard InChI is InChI=1S/C23H19N5O5/c29-19-9-10-23(22(31)32-13-18-25-20(26-33-18)14-4-3-11-24-12-14)27(15-7-8-15)21(30)16-5-1-2-6-17(16)28(19)23/h1-6,11-12,15H,7-10,13H2. The van der Waals surface area contributed by atoms with Crippen LogP contribution in [0.15, 0.2) is 53.3 Å². The number of hydrogen-bond donors (Lipinski definition) is 0. The molecule has 1 saturated heterocycles. The summed E-state index contributed by atoms with van der Waals surface area (Å²) in [4.78, 5) is 51.2. The largest absolute Gasteiger partial charge is 0.452 e. The first-order valence-electron chi connectivity index (χ1n) is 10.8. The van der Waals surface area contributed by atoms with Crippen molar-refractivity contribution in [2.45, 2.75) is 44.0 Å². The Hall–Kier alpha value is -4.08. The van der Waals surface area contributed by atoms with Crippen LogP contribution in [0.3, 0.4) is 0 Å². The number of hydrogen-bond acceptors (Lipinski definition) is 8. The van der Waals surface area contributed by atoms with E-state index in [1.54, 1.807) is 53.7 Å². The molecule has 1 aliphatic carbocycles. The number of amides is 2. The zero-order valence-corrected chi connectivity index (χ0v) is 17.5. The van der Waals surface area contributed by atoms with Gasteiger partial charge in [-0.25, -0.2) is 4.79 Å². The van der Waals surface area contributed by atoms with Gasteiger partial charge in [0, 0.05) is 36.8 Å². The molecule has 1 aromatic carbocycles. The minimum absolute atomic E-state index is 0.104. The van der Waals surface area contributed by atoms with E-state index in [1.165, 1.54) is 4.90 Å². The van der Waals surface area contributed by atoms with E-state index in [1.807, 2.05) is 0 Å². The molecule has 2 aliphatic heterocycles. The molecule has 3 aromatic rings. The molecule has 2 aromatic heterocycles. The van der Waals surface area contributed by atoms with E-state index in [0.717, 1.165) is 12.8 Å². The zero-order chi connectivity index (χ0) is 22.6. The van der Waals surface area contributed by atoms with Crippen LogP contribution in [0, 0.1) is 0 Å². The first-order chi connectivity index (χ1) is 16.1. The number of pyridine rings is 1. The maximum atomic E-state index is 13.6. The number of anilines is 1. The number of rotatable bonds is 5. The summed E-state index contributed by atoms with van der Waals surface area (Å²) in [5, 5.41) is 3.90. The zero-order valence-electron chi connectivity index (χ0n) is 17.5. The molecule has 33 heavy (non-hydrogen) atoms. The smallest absolute Gasteiger partial charge is 0.354 e. The van der Waals surface area contributed by atoms with E-state index in [0.29, 0.717) is 22.6 Å².